The minimum absolute atomic E-state index is 0.00981. The molecule has 1 nitrogen and oxygen atoms in total. The predicted octanol–water partition coefficient (Wildman–Crippen LogP) is 2.20. The highest BCUT2D eigenvalue weighted by molar-refractivity contribution is 5.25. The Morgan fingerprint density at radius 1 is 1.36 bits per heavy atom. The van der Waals surface area contributed by atoms with Crippen LogP contribution in [0, 0.1) is 24.0 Å². The molecule has 1 aromatic rings. The lowest BCUT2D eigenvalue weighted by Gasteiger charge is -2.21. The van der Waals surface area contributed by atoms with E-state index in [0.29, 0.717) is 0 Å². The van der Waals surface area contributed by atoms with Crippen molar-refractivity contribution in [3.8, 4) is 12.3 Å². The first-order valence-corrected chi connectivity index (χ1v) is 4.08. The van der Waals surface area contributed by atoms with Crippen LogP contribution >= 0.6 is 0 Å². The summed E-state index contributed by atoms with van der Waals surface area (Å²) in [5.74, 6) is 0.801. The van der Waals surface area contributed by atoms with Crippen molar-refractivity contribution in [2.24, 2.45) is 0 Å². The van der Waals surface area contributed by atoms with Gasteiger partial charge in [-0.25, -0.2) is 8.78 Å². The molecule has 0 aromatic heterocycles. The maximum atomic E-state index is 12.8. The lowest BCUT2D eigenvalue weighted by molar-refractivity contribution is 0.0622. The van der Waals surface area contributed by atoms with Gasteiger partial charge in [0.15, 0.2) is 0 Å². The number of benzene rings is 1. The molecule has 1 aromatic carbocycles. The van der Waals surface area contributed by atoms with E-state index in [1.54, 1.807) is 0 Å². The predicted molar refractivity (Wildman–Crippen MR) is 49.4 cm³/mol. The SMILES string of the molecule is C#CCC(C)(O)c1cc(F)cc(F)c1. The summed E-state index contributed by atoms with van der Waals surface area (Å²) < 4.78 is 25.6. The summed E-state index contributed by atoms with van der Waals surface area (Å²) in [7, 11) is 0. The fraction of sp³-hybridized carbons (Fsp3) is 0.273. The standard InChI is InChI=1S/C11H10F2O/c1-3-4-11(2,14)8-5-9(12)7-10(13)6-8/h1,5-7,14H,4H2,2H3. The molecule has 0 aliphatic carbocycles. The van der Waals surface area contributed by atoms with Gasteiger partial charge in [-0.15, -0.1) is 12.3 Å². The van der Waals surface area contributed by atoms with Crippen molar-refractivity contribution >= 4 is 0 Å². The molecule has 0 bridgehead atoms. The molecule has 0 fully saturated rings. The van der Waals surface area contributed by atoms with E-state index in [9.17, 15) is 13.9 Å². The van der Waals surface area contributed by atoms with Crippen molar-refractivity contribution in [2.75, 3.05) is 0 Å². The molecule has 0 amide bonds. The molecule has 0 aliphatic rings. The minimum Gasteiger partial charge on any atom is -0.384 e. The zero-order valence-electron chi connectivity index (χ0n) is 7.72. The van der Waals surface area contributed by atoms with Gasteiger partial charge in [-0.05, 0) is 24.6 Å². The summed E-state index contributed by atoms with van der Waals surface area (Å²) >= 11 is 0. The average molecular weight is 196 g/mol. The number of hydrogen-bond acceptors (Lipinski definition) is 1. The Labute approximate surface area is 81.4 Å². The number of halogens is 2. The van der Waals surface area contributed by atoms with Crippen LogP contribution in [0.5, 0.6) is 0 Å². The van der Waals surface area contributed by atoms with E-state index in [2.05, 4.69) is 5.92 Å². The largest absolute Gasteiger partial charge is 0.384 e. The highest BCUT2D eigenvalue weighted by atomic mass is 19.1. The number of aliphatic hydroxyl groups is 1. The topological polar surface area (TPSA) is 20.2 Å². The Kier molecular flexibility index (Phi) is 2.87. The van der Waals surface area contributed by atoms with E-state index in [1.807, 2.05) is 0 Å². The third kappa shape index (κ3) is 2.30. The second kappa shape index (κ2) is 3.77. The van der Waals surface area contributed by atoms with E-state index in [1.165, 1.54) is 6.92 Å². The summed E-state index contributed by atoms with van der Waals surface area (Å²) in [6.45, 7) is 1.42. The van der Waals surface area contributed by atoms with Crippen LogP contribution in [0.4, 0.5) is 8.78 Å². The molecule has 0 saturated heterocycles. The van der Waals surface area contributed by atoms with E-state index in [-0.39, 0.29) is 12.0 Å². The lowest BCUT2D eigenvalue weighted by atomic mass is 9.93. The van der Waals surface area contributed by atoms with Crippen molar-refractivity contribution in [3.05, 3.63) is 35.4 Å². The molecule has 74 valence electrons. The summed E-state index contributed by atoms with van der Waals surface area (Å²) in [6.07, 6.45) is 5.04. The van der Waals surface area contributed by atoms with Crippen LogP contribution in [0.25, 0.3) is 0 Å². The first-order chi connectivity index (χ1) is 6.45. The number of rotatable bonds is 2. The normalized spacial score (nSPS) is 14.5. The maximum Gasteiger partial charge on any atom is 0.126 e. The molecule has 1 unspecified atom stereocenters. The molecule has 0 heterocycles. The minimum atomic E-state index is -1.39. The highest BCUT2D eigenvalue weighted by Gasteiger charge is 2.23. The Balaban J connectivity index is 3.13. The molecule has 3 heteroatoms. The zero-order valence-corrected chi connectivity index (χ0v) is 7.72. The molecule has 0 spiro atoms. The van der Waals surface area contributed by atoms with E-state index in [4.69, 9.17) is 6.42 Å². The third-order valence-corrected chi connectivity index (χ3v) is 1.93. The van der Waals surface area contributed by atoms with Gasteiger partial charge in [0.25, 0.3) is 0 Å². The van der Waals surface area contributed by atoms with Gasteiger partial charge < -0.3 is 5.11 Å². The molecular weight excluding hydrogens is 186 g/mol. The van der Waals surface area contributed by atoms with Gasteiger partial charge >= 0.3 is 0 Å². The Morgan fingerprint density at radius 3 is 2.29 bits per heavy atom. The van der Waals surface area contributed by atoms with Crippen molar-refractivity contribution in [3.63, 3.8) is 0 Å². The monoisotopic (exact) mass is 196 g/mol. The van der Waals surface area contributed by atoms with Crippen LogP contribution in [0.3, 0.4) is 0 Å². The fourth-order valence-electron chi connectivity index (χ4n) is 1.17. The van der Waals surface area contributed by atoms with E-state index >= 15 is 0 Å². The van der Waals surface area contributed by atoms with Crippen molar-refractivity contribution in [1.82, 2.24) is 0 Å². The fourth-order valence-corrected chi connectivity index (χ4v) is 1.17. The summed E-state index contributed by atoms with van der Waals surface area (Å²) in [4.78, 5) is 0. The van der Waals surface area contributed by atoms with Gasteiger partial charge in [0.1, 0.15) is 11.6 Å². The summed E-state index contributed by atoms with van der Waals surface area (Å²) in [5, 5.41) is 9.76. The highest BCUT2D eigenvalue weighted by Crippen LogP contribution is 2.25. The first-order valence-electron chi connectivity index (χ1n) is 4.08. The third-order valence-electron chi connectivity index (χ3n) is 1.93. The molecule has 0 radical (unpaired) electrons. The molecule has 1 N–H and O–H groups in total. The van der Waals surface area contributed by atoms with Crippen molar-refractivity contribution in [1.29, 1.82) is 0 Å². The molecule has 1 atom stereocenters. The van der Waals surface area contributed by atoms with E-state index < -0.39 is 17.2 Å². The van der Waals surface area contributed by atoms with Crippen molar-refractivity contribution in [2.45, 2.75) is 18.9 Å². The molecule has 0 aliphatic heterocycles. The van der Waals surface area contributed by atoms with Gasteiger partial charge in [0.2, 0.25) is 0 Å². The smallest absolute Gasteiger partial charge is 0.126 e. The Bertz CT molecular complexity index is 357. The summed E-state index contributed by atoms with van der Waals surface area (Å²) in [6, 6.07) is 2.89. The number of hydrogen-bond donors (Lipinski definition) is 1. The lowest BCUT2D eigenvalue weighted by Crippen LogP contribution is -2.20. The average Bonchev–Trinajstić information content (AvgIpc) is 2.02. The Morgan fingerprint density at radius 2 is 1.86 bits per heavy atom. The van der Waals surface area contributed by atoms with Gasteiger partial charge in [-0.3, -0.25) is 0 Å². The second-order valence-electron chi connectivity index (χ2n) is 3.31. The zero-order chi connectivity index (χ0) is 10.8. The molecule has 0 saturated carbocycles. The number of terminal acetylenes is 1. The van der Waals surface area contributed by atoms with E-state index in [0.717, 1.165) is 18.2 Å². The second-order valence-corrected chi connectivity index (χ2v) is 3.31. The van der Waals surface area contributed by atoms with Crippen LogP contribution < -0.4 is 0 Å². The molecule has 14 heavy (non-hydrogen) atoms. The van der Waals surface area contributed by atoms with Crippen molar-refractivity contribution < 1.29 is 13.9 Å². The van der Waals surface area contributed by atoms with Crippen LogP contribution in [-0.4, -0.2) is 5.11 Å². The van der Waals surface area contributed by atoms with Crippen LogP contribution in [-0.2, 0) is 5.60 Å². The van der Waals surface area contributed by atoms with Crippen LogP contribution in [0.2, 0.25) is 0 Å². The molecular formula is C11H10F2O. The van der Waals surface area contributed by atoms with Gasteiger partial charge in [-0.2, -0.15) is 0 Å². The van der Waals surface area contributed by atoms with Crippen LogP contribution in [0.1, 0.15) is 18.9 Å². The Hall–Kier alpha value is -1.40. The molecule has 1 rings (SSSR count). The first kappa shape index (κ1) is 10.7. The summed E-state index contributed by atoms with van der Waals surface area (Å²) in [5.41, 5.74) is -1.24. The van der Waals surface area contributed by atoms with Crippen LogP contribution in [0.15, 0.2) is 18.2 Å². The van der Waals surface area contributed by atoms with Gasteiger partial charge in [-0.1, -0.05) is 0 Å². The quantitative estimate of drug-likeness (QED) is 0.719. The van der Waals surface area contributed by atoms with Gasteiger partial charge in [0, 0.05) is 12.5 Å². The van der Waals surface area contributed by atoms with Gasteiger partial charge in [0.05, 0.1) is 5.60 Å². The maximum absolute atomic E-state index is 12.8.